The number of anilines is 2. The van der Waals surface area contributed by atoms with Crippen LogP contribution >= 0.6 is 0 Å². The van der Waals surface area contributed by atoms with Crippen LogP contribution in [0.3, 0.4) is 0 Å². The summed E-state index contributed by atoms with van der Waals surface area (Å²) in [4.78, 5) is 41.4. The third-order valence-electron chi connectivity index (χ3n) is 4.57. The van der Waals surface area contributed by atoms with Gasteiger partial charge in [0.1, 0.15) is 11.6 Å². The predicted molar refractivity (Wildman–Crippen MR) is 112 cm³/mol. The zero-order valence-electron chi connectivity index (χ0n) is 17.1. The Balaban J connectivity index is 2.48. The van der Waals surface area contributed by atoms with Crippen molar-refractivity contribution in [3.8, 4) is 5.75 Å². The number of aromatic nitrogens is 2. The molecule has 0 aliphatic rings. The van der Waals surface area contributed by atoms with E-state index in [1.165, 1.54) is 23.7 Å². The molecule has 0 spiro atoms. The number of benzene rings is 1. The molecule has 0 aliphatic heterocycles. The maximum atomic E-state index is 13.1. The minimum atomic E-state index is -0.704. The number of rotatable bonds is 10. The van der Waals surface area contributed by atoms with Crippen molar-refractivity contribution in [2.75, 3.05) is 38.0 Å². The van der Waals surface area contributed by atoms with Gasteiger partial charge in [0.15, 0.2) is 5.69 Å². The quantitative estimate of drug-likeness (QED) is 0.613. The number of para-hydroxylation sites is 1. The number of nitrogens with two attached hydrogens (primary N) is 1. The van der Waals surface area contributed by atoms with E-state index in [2.05, 4.69) is 4.98 Å². The average Bonchev–Trinajstić information content (AvgIpc) is 2.70. The summed E-state index contributed by atoms with van der Waals surface area (Å²) in [5.74, 6) is 0.184. The molecule has 2 rings (SSSR count). The molecule has 9 nitrogen and oxygen atoms in total. The number of ether oxygens (including phenoxy) is 2. The monoisotopic (exact) mass is 404 g/mol. The highest BCUT2D eigenvalue weighted by atomic mass is 16.5. The SMILES string of the molecule is CCCCn1c(N)c(N(CCOC)C(=O)Cc2ccccc2OC)c(=O)[nH]c1=O. The second-order valence-corrected chi connectivity index (χ2v) is 6.53. The minimum absolute atomic E-state index is 0.000689. The summed E-state index contributed by atoms with van der Waals surface area (Å²) in [6.45, 7) is 2.65. The third kappa shape index (κ3) is 5.26. The van der Waals surface area contributed by atoms with Gasteiger partial charge in [-0.2, -0.15) is 0 Å². The molecule has 0 atom stereocenters. The lowest BCUT2D eigenvalue weighted by Gasteiger charge is -2.24. The first-order chi connectivity index (χ1) is 13.9. The second-order valence-electron chi connectivity index (χ2n) is 6.53. The number of H-pyrrole nitrogens is 1. The topological polar surface area (TPSA) is 120 Å². The van der Waals surface area contributed by atoms with Crippen molar-refractivity contribution < 1.29 is 14.3 Å². The fraction of sp³-hybridized carbons (Fsp3) is 0.450. The van der Waals surface area contributed by atoms with Crippen molar-refractivity contribution in [2.24, 2.45) is 0 Å². The molecule has 9 heteroatoms. The van der Waals surface area contributed by atoms with Gasteiger partial charge in [-0.25, -0.2) is 4.79 Å². The molecule has 0 saturated carbocycles. The van der Waals surface area contributed by atoms with Crippen molar-refractivity contribution in [2.45, 2.75) is 32.7 Å². The first kappa shape index (κ1) is 22.2. The maximum absolute atomic E-state index is 13.1. The van der Waals surface area contributed by atoms with Crippen LogP contribution in [0.2, 0.25) is 0 Å². The lowest BCUT2D eigenvalue weighted by atomic mass is 10.1. The number of methoxy groups -OCH3 is 2. The number of unbranched alkanes of at least 4 members (excludes halogenated alkanes) is 1. The number of carbonyl (C=O) groups excluding carboxylic acids is 1. The molecule has 1 heterocycles. The number of hydrogen-bond donors (Lipinski definition) is 2. The number of carbonyl (C=O) groups is 1. The van der Waals surface area contributed by atoms with Crippen LogP contribution in [0.4, 0.5) is 11.5 Å². The van der Waals surface area contributed by atoms with Gasteiger partial charge in [-0.05, 0) is 12.5 Å². The Labute approximate surface area is 169 Å². The van der Waals surface area contributed by atoms with Crippen molar-refractivity contribution in [1.82, 2.24) is 9.55 Å². The van der Waals surface area contributed by atoms with Crippen LogP contribution in [0.5, 0.6) is 5.75 Å². The smallest absolute Gasteiger partial charge is 0.330 e. The van der Waals surface area contributed by atoms with Crippen LogP contribution in [0, 0.1) is 0 Å². The maximum Gasteiger partial charge on any atom is 0.330 e. The average molecular weight is 404 g/mol. The molecule has 1 amide bonds. The predicted octanol–water partition coefficient (Wildman–Crippen LogP) is 1.15. The summed E-state index contributed by atoms with van der Waals surface area (Å²) in [7, 11) is 3.02. The van der Waals surface area contributed by atoms with Gasteiger partial charge in [0.05, 0.1) is 20.1 Å². The Morgan fingerprint density at radius 1 is 1.24 bits per heavy atom. The molecule has 0 unspecified atom stereocenters. The minimum Gasteiger partial charge on any atom is -0.496 e. The summed E-state index contributed by atoms with van der Waals surface area (Å²) >= 11 is 0. The van der Waals surface area contributed by atoms with Gasteiger partial charge in [0, 0.05) is 25.8 Å². The van der Waals surface area contributed by atoms with Crippen molar-refractivity contribution in [1.29, 1.82) is 0 Å². The normalized spacial score (nSPS) is 10.7. The summed E-state index contributed by atoms with van der Waals surface area (Å²) in [5, 5.41) is 0. The van der Waals surface area contributed by atoms with Crippen molar-refractivity contribution in [3.05, 3.63) is 50.7 Å². The van der Waals surface area contributed by atoms with Crippen LogP contribution in [-0.4, -0.2) is 42.8 Å². The Kier molecular flexibility index (Phi) is 8.02. The second kappa shape index (κ2) is 10.5. The van der Waals surface area contributed by atoms with Gasteiger partial charge in [-0.1, -0.05) is 31.5 Å². The number of nitrogens with zero attached hydrogens (tertiary/aromatic N) is 2. The van der Waals surface area contributed by atoms with E-state index in [4.69, 9.17) is 15.2 Å². The molecule has 158 valence electrons. The Hall–Kier alpha value is -3.07. The lowest BCUT2D eigenvalue weighted by Crippen LogP contribution is -2.43. The zero-order chi connectivity index (χ0) is 21.4. The summed E-state index contributed by atoms with van der Waals surface area (Å²) < 4.78 is 11.7. The molecular formula is C20H28N4O5. The molecule has 29 heavy (non-hydrogen) atoms. The number of amides is 1. The van der Waals surface area contributed by atoms with E-state index in [9.17, 15) is 14.4 Å². The van der Waals surface area contributed by atoms with Gasteiger partial charge < -0.3 is 20.1 Å². The van der Waals surface area contributed by atoms with Gasteiger partial charge in [0.25, 0.3) is 5.56 Å². The fourth-order valence-corrected chi connectivity index (χ4v) is 3.03. The van der Waals surface area contributed by atoms with Gasteiger partial charge in [-0.15, -0.1) is 0 Å². The summed E-state index contributed by atoms with van der Waals surface area (Å²) in [6.07, 6.45) is 1.56. The Bertz CT molecular complexity index is 951. The first-order valence-electron chi connectivity index (χ1n) is 9.48. The summed E-state index contributed by atoms with van der Waals surface area (Å²) in [6, 6.07) is 7.15. The molecule has 0 fully saturated rings. The van der Waals surface area contributed by atoms with E-state index in [1.807, 2.05) is 13.0 Å². The van der Waals surface area contributed by atoms with E-state index in [1.54, 1.807) is 18.2 Å². The van der Waals surface area contributed by atoms with Gasteiger partial charge in [0.2, 0.25) is 5.91 Å². The summed E-state index contributed by atoms with van der Waals surface area (Å²) in [5.41, 5.74) is 5.51. The Morgan fingerprint density at radius 3 is 2.62 bits per heavy atom. The highest BCUT2D eigenvalue weighted by Crippen LogP contribution is 2.22. The molecule has 0 saturated heterocycles. The van der Waals surface area contributed by atoms with Gasteiger partial charge in [-0.3, -0.25) is 19.1 Å². The molecule has 2 aromatic rings. The van der Waals surface area contributed by atoms with Gasteiger partial charge >= 0.3 is 5.69 Å². The van der Waals surface area contributed by atoms with E-state index in [-0.39, 0.29) is 37.0 Å². The number of nitrogens with one attached hydrogen (secondary N) is 1. The number of hydrogen-bond acceptors (Lipinski definition) is 6. The lowest BCUT2D eigenvalue weighted by molar-refractivity contribution is -0.118. The molecule has 0 radical (unpaired) electrons. The van der Waals surface area contributed by atoms with E-state index < -0.39 is 11.2 Å². The van der Waals surface area contributed by atoms with Crippen molar-refractivity contribution >= 4 is 17.4 Å². The van der Waals surface area contributed by atoms with E-state index in [0.717, 1.165) is 6.42 Å². The fourth-order valence-electron chi connectivity index (χ4n) is 3.03. The van der Waals surface area contributed by atoms with Crippen molar-refractivity contribution in [3.63, 3.8) is 0 Å². The van der Waals surface area contributed by atoms with E-state index >= 15 is 0 Å². The molecule has 0 aliphatic carbocycles. The van der Waals surface area contributed by atoms with Crippen LogP contribution in [-0.2, 0) is 22.5 Å². The highest BCUT2D eigenvalue weighted by Gasteiger charge is 2.24. The number of aromatic amines is 1. The van der Waals surface area contributed by atoms with Crippen LogP contribution in [0.15, 0.2) is 33.9 Å². The molecule has 0 bridgehead atoms. The van der Waals surface area contributed by atoms with Crippen LogP contribution < -0.4 is 26.6 Å². The van der Waals surface area contributed by atoms with E-state index in [0.29, 0.717) is 24.3 Å². The third-order valence-corrected chi connectivity index (χ3v) is 4.57. The standard InChI is InChI=1S/C20H28N4O5/c1-4-5-10-24-18(21)17(19(26)22-20(24)27)23(11-12-28-2)16(25)13-14-8-6-7-9-15(14)29-3/h6-9H,4-5,10-13,21H2,1-3H3,(H,22,26,27). The first-order valence-corrected chi connectivity index (χ1v) is 9.48. The highest BCUT2D eigenvalue weighted by molar-refractivity contribution is 5.97. The molecule has 1 aromatic heterocycles. The molecular weight excluding hydrogens is 376 g/mol. The Morgan fingerprint density at radius 2 is 1.97 bits per heavy atom. The molecule has 1 aromatic carbocycles. The van der Waals surface area contributed by atoms with Crippen LogP contribution in [0.25, 0.3) is 0 Å². The largest absolute Gasteiger partial charge is 0.496 e. The molecule has 3 N–H and O–H groups in total. The van der Waals surface area contributed by atoms with Crippen LogP contribution in [0.1, 0.15) is 25.3 Å². The zero-order valence-corrected chi connectivity index (χ0v) is 17.1. The number of nitrogen functional groups attached to an aromatic ring is 1.